The summed E-state index contributed by atoms with van der Waals surface area (Å²) >= 11 is 0. The van der Waals surface area contributed by atoms with Crippen LogP contribution in [0.25, 0.3) is 0 Å². The smallest absolute Gasteiger partial charge is 0.245 e. The fraction of sp³-hybridized carbons (Fsp3) is 0.571. The van der Waals surface area contributed by atoms with Crippen molar-refractivity contribution in [3.63, 3.8) is 0 Å². The first-order valence-electron chi connectivity index (χ1n) is 6.76. The number of pyridine rings is 1. The van der Waals surface area contributed by atoms with Crippen LogP contribution in [0, 0.1) is 0 Å². The zero-order valence-electron chi connectivity index (χ0n) is 12.4. The average Bonchev–Trinajstić information content (AvgIpc) is 2.38. The standard InChI is InChI=1S/C14H22N2O3S/c1-5-9-20(18,19)12(4)14(17)16(11(2)3)13-7-6-8-15-10-13/h6-8,10-12H,5,9H2,1-4H3/t12-/m0/s1. The fourth-order valence-corrected chi connectivity index (χ4v) is 3.33. The van der Waals surface area contributed by atoms with Crippen LogP contribution >= 0.6 is 0 Å². The van der Waals surface area contributed by atoms with Gasteiger partial charge in [0.25, 0.3) is 0 Å². The molecule has 0 N–H and O–H groups in total. The largest absolute Gasteiger partial charge is 0.307 e. The molecule has 0 unspecified atom stereocenters. The van der Waals surface area contributed by atoms with E-state index in [1.54, 1.807) is 31.5 Å². The van der Waals surface area contributed by atoms with E-state index in [9.17, 15) is 13.2 Å². The second-order valence-electron chi connectivity index (χ2n) is 5.02. The minimum absolute atomic E-state index is 0.0267. The second kappa shape index (κ2) is 6.83. The molecule has 20 heavy (non-hydrogen) atoms. The van der Waals surface area contributed by atoms with Crippen LogP contribution in [0.4, 0.5) is 5.69 Å². The van der Waals surface area contributed by atoms with E-state index in [-0.39, 0.29) is 11.8 Å². The molecule has 1 rings (SSSR count). The number of sulfone groups is 1. The van der Waals surface area contributed by atoms with Crippen molar-refractivity contribution in [1.82, 2.24) is 4.98 Å². The highest BCUT2D eigenvalue weighted by Crippen LogP contribution is 2.19. The van der Waals surface area contributed by atoms with Crippen LogP contribution in [0.2, 0.25) is 0 Å². The van der Waals surface area contributed by atoms with E-state index in [0.29, 0.717) is 12.1 Å². The molecule has 0 aromatic carbocycles. The summed E-state index contributed by atoms with van der Waals surface area (Å²) in [5, 5.41) is -1.04. The number of carbonyl (C=O) groups is 1. The van der Waals surface area contributed by atoms with Gasteiger partial charge in [0.05, 0.1) is 17.6 Å². The number of nitrogens with zero attached hydrogens (tertiary/aromatic N) is 2. The van der Waals surface area contributed by atoms with Crippen LogP contribution in [0.5, 0.6) is 0 Å². The Morgan fingerprint density at radius 1 is 1.35 bits per heavy atom. The Morgan fingerprint density at radius 2 is 2.00 bits per heavy atom. The molecule has 0 fully saturated rings. The van der Waals surface area contributed by atoms with Crippen LogP contribution in [-0.4, -0.2) is 36.4 Å². The zero-order chi connectivity index (χ0) is 15.3. The number of amides is 1. The van der Waals surface area contributed by atoms with E-state index in [0.717, 1.165) is 0 Å². The molecule has 0 aliphatic rings. The summed E-state index contributed by atoms with van der Waals surface area (Å²) in [5.74, 6) is -0.375. The van der Waals surface area contributed by atoms with E-state index in [1.807, 2.05) is 13.8 Å². The fourth-order valence-electron chi connectivity index (χ4n) is 1.99. The van der Waals surface area contributed by atoms with Crippen LogP contribution < -0.4 is 4.90 Å². The SMILES string of the molecule is CCCS(=O)(=O)[C@@H](C)C(=O)N(c1cccnc1)C(C)C. The predicted molar refractivity (Wildman–Crippen MR) is 80.4 cm³/mol. The highest BCUT2D eigenvalue weighted by atomic mass is 32.2. The Labute approximate surface area is 120 Å². The van der Waals surface area contributed by atoms with Crippen LogP contribution in [0.1, 0.15) is 34.1 Å². The average molecular weight is 298 g/mol. The molecule has 0 aliphatic heterocycles. The van der Waals surface area contributed by atoms with Crippen molar-refractivity contribution in [2.45, 2.75) is 45.4 Å². The Hall–Kier alpha value is -1.43. The van der Waals surface area contributed by atoms with E-state index >= 15 is 0 Å². The van der Waals surface area contributed by atoms with Crippen molar-refractivity contribution in [1.29, 1.82) is 0 Å². The molecule has 0 saturated heterocycles. The molecule has 1 aromatic rings. The maximum atomic E-state index is 12.5. The molecule has 1 atom stereocenters. The Bertz CT molecular complexity index is 541. The summed E-state index contributed by atoms with van der Waals surface area (Å²) in [5.41, 5.74) is 0.617. The minimum Gasteiger partial charge on any atom is -0.307 e. The van der Waals surface area contributed by atoms with Crippen molar-refractivity contribution in [2.75, 3.05) is 10.7 Å². The molecular formula is C14H22N2O3S. The third kappa shape index (κ3) is 3.79. The lowest BCUT2D eigenvalue weighted by Gasteiger charge is -2.29. The van der Waals surface area contributed by atoms with Crippen molar-refractivity contribution in [3.8, 4) is 0 Å². The molecule has 0 bridgehead atoms. The topological polar surface area (TPSA) is 67.3 Å². The molecule has 1 amide bonds. The summed E-state index contributed by atoms with van der Waals surface area (Å²) in [6.45, 7) is 6.95. The van der Waals surface area contributed by atoms with Crippen molar-refractivity contribution in [2.24, 2.45) is 0 Å². The van der Waals surface area contributed by atoms with Crippen molar-refractivity contribution >= 4 is 21.4 Å². The van der Waals surface area contributed by atoms with Gasteiger partial charge in [-0.2, -0.15) is 0 Å². The van der Waals surface area contributed by atoms with E-state index in [1.165, 1.54) is 11.8 Å². The summed E-state index contributed by atoms with van der Waals surface area (Å²) < 4.78 is 24.1. The van der Waals surface area contributed by atoms with Gasteiger partial charge < -0.3 is 4.90 Å². The lowest BCUT2D eigenvalue weighted by atomic mass is 10.2. The molecule has 6 heteroatoms. The van der Waals surface area contributed by atoms with Gasteiger partial charge in [-0.25, -0.2) is 8.42 Å². The monoisotopic (exact) mass is 298 g/mol. The van der Waals surface area contributed by atoms with E-state index in [2.05, 4.69) is 4.98 Å². The van der Waals surface area contributed by atoms with Gasteiger partial charge in [0.2, 0.25) is 5.91 Å². The quantitative estimate of drug-likeness (QED) is 0.806. The molecule has 0 radical (unpaired) electrons. The first-order chi connectivity index (χ1) is 9.31. The normalized spacial score (nSPS) is 13.2. The Balaban J connectivity index is 3.08. The van der Waals surface area contributed by atoms with E-state index < -0.39 is 21.0 Å². The van der Waals surface area contributed by atoms with Crippen molar-refractivity contribution < 1.29 is 13.2 Å². The van der Waals surface area contributed by atoms with Crippen molar-refractivity contribution in [3.05, 3.63) is 24.5 Å². The molecule has 0 spiro atoms. The lowest BCUT2D eigenvalue weighted by molar-refractivity contribution is -0.118. The van der Waals surface area contributed by atoms with Gasteiger partial charge in [0, 0.05) is 12.2 Å². The van der Waals surface area contributed by atoms with Gasteiger partial charge in [-0.15, -0.1) is 0 Å². The molecule has 1 aromatic heterocycles. The highest BCUT2D eigenvalue weighted by molar-refractivity contribution is 7.92. The van der Waals surface area contributed by atoms with Crippen LogP contribution in [-0.2, 0) is 14.6 Å². The number of rotatable bonds is 6. The number of anilines is 1. The summed E-state index contributed by atoms with van der Waals surface area (Å²) in [4.78, 5) is 18.0. The van der Waals surface area contributed by atoms with E-state index in [4.69, 9.17) is 0 Å². The Kier molecular flexibility index (Phi) is 5.68. The predicted octanol–water partition coefficient (Wildman–Crippen LogP) is 2.04. The number of hydrogen-bond acceptors (Lipinski definition) is 4. The van der Waals surface area contributed by atoms with Crippen LogP contribution in [0.15, 0.2) is 24.5 Å². The summed E-state index contributed by atoms with van der Waals surface area (Å²) in [7, 11) is -3.41. The van der Waals surface area contributed by atoms with Gasteiger partial charge in [-0.05, 0) is 39.3 Å². The highest BCUT2D eigenvalue weighted by Gasteiger charge is 2.32. The first-order valence-corrected chi connectivity index (χ1v) is 8.47. The van der Waals surface area contributed by atoms with Gasteiger partial charge in [0.1, 0.15) is 5.25 Å². The number of carbonyl (C=O) groups excluding carboxylic acids is 1. The third-order valence-electron chi connectivity index (χ3n) is 3.05. The molecular weight excluding hydrogens is 276 g/mol. The zero-order valence-corrected chi connectivity index (χ0v) is 13.2. The summed E-state index contributed by atoms with van der Waals surface area (Å²) in [6.07, 6.45) is 3.69. The van der Waals surface area contributed by atoms with Gasteiger partial charge in [-0.3, -0.25) is 9.78 Å². The van der Waals surface area contributed by atoms with Gasteiger partial charge in [-0.1, -0.05) is 6.92 Å². The maximum Gasteiger partial charge on any atom is 0.245 e. The first kappa shape index (κ1) is 16.6. The molecule has 112 valence electrons. The van der Waals surface area contributed by atoms with Gasteiger partial charge >= 0.3 is 0 Å². The molecule has 0 aliphatic carbocycles. The minimum atomic E-state index is -3.41. The number of hydrogen-bond donors (Lipinski definition) is 0. The Morgan fingerprint density at radius 3 is 2.45 bits per heavy atom. The molecule has 0 saturated carbocycles. The maximum absolute atomic E-state index is 12.5. The number of aromatic nitrogens is 1. The molecule has 1 heterocycles. The lowest BCUT2D eigenvalue weighted by Crippen LogP contribution is -2.46. The second-order valence-corrected chi connectivity index (χ2v) is 7.46. The summed E-state index contributed by atoms with van der Waals surface area (Å²) in [6, 6.07) is 3.35. The molecule has 5 nitrogen and oxygen atoms in total. The third-order valence-corrected chi connectivity index (χ3v) is 5.31. The van der Waals surface area contributed by atoms with Gasteiger partial charge in [0.15, 0.2) is 9.84 Å². The van der Waals surface area contributed by atoms with Crippen LogP contribution in [0.3, 0.4) is 0 Å².